The number of esters is 1. The Morgan fingerprint density at radius 2 is 1.75 bits per heavy atom. The van der Waals surface area contributed by atoms with Gasteiger partial charge in [0.05, 0.1) is 15.9 Å². The first-order chi connectivity index (χ1) is 15.4. The van der Waals surface area contributed by atoms with Gasteiger partial charge in [0.25, 0.3) is 0 Å². The summed E-state index contributed by atoms with van der Waals surface area (Å²) in [5.41, 5.74) is 1.46. The molecule has 0 bridgehead atoms. The highest BCUT2D eigenvalue weighted by Gasteiger charge is 2.27. The number of aromatic nitrogens is 2. The van der Waals surface area contributed by atoms with Crippen LogP contribution in [0.3, 0.4) is 0 Å². The van der Waals surface area contributed by atoms with Crippen LogP contribution >= 0.6 is 0 Å². The maximum Gasteiger partial charge on any atom is 0.320 e. The van der Waals surface area contributed by atoms with Crippen molar-refractivity contribution in [3.8, 4) is 0 Å². The molecule has 0 radical (unpaired) electrons. The van der Waals surface area contributed by atoms with Crippen LogP contribution < -0.4 is 0 Å². The number of halogens is 2. The molecule has 170 valence electrons. The third kappa shape index (κ3) is 4.66. The Bertz CT molecular complexity index is 1200. The largest absolute Gasteiger partial charge is 0.457 e. The molecule has 7 nitrogen and oxygen atoms in total. The number of hydrogen-bond donors (Lipinski definition) is 0. The van der Waals surface area contributed by atoms with Crippen molar-refractivity contribution in [3.05, 3.63) is 59.9 Å². The van der Waals surface area contributed by atoms with Crippen LogP contribution in [0.25, 0.3) is 11.0 Å². The fourth-order valence-corrected chi connectivity index (χ4v) is 5.30. The van der Waals surface area contributed by atoms with Crippen molar-refractivity contribution >= 4 is 27.0 Å². The molecule has 0 atom stereocenters. The Hall–Kier alpha value is -2.85. The van der Waals surface area contributed by atoms with Gasteiger partial charge in [0.2, 0.25) is 10.0 Å². The summed E-state index contributed by atoms with van der Waals surface area (Å²) in [6.07, 6.45) is 2.11. The normalized spacial score (nSPS) is 15.0. The molecule has 1 saturated heterocycles. The van der Waals surface area contributed by atoms with E-state index in [2.05, 4.69) is 4.98 Å². The Morgan fingerprint density at radius 1 is 1.06 bits per heavy atom. The van der Waals surface area contributed by atoms with Crippen molar-refractivity contribution in [1.29, 1.82) is 0 Å². The van der Waals surface area contributed by atoms with Gasteiger partial charge in [-0.15, -0.1) is 0 Å². The molecular weight excluding hydrogens is 440 g/mol. The highest BCUT2D eigenvalue weighted by atomic mass is 32.2. The molecule has 2 aromatic carbocycles. The van der Waals surface area contributed by atoms with Gasteiger partial charge in [-0.25, -0.2) is 13.4 Å². The summed E-state index contributed by atoms with van der Waals surface area (Å²) in [7, 11) is -3.48. The topological polar surface area (TPSA) is 81.5 Å². The minimum Gasteiger partial charge on any atom is -0.457 e. The number of sulfonamides is 1. The molecule has 3 aromatic rings. The predicted octanol–water partition coefficient (Wildman–Crippen LogP) is 3.89. The molecule has 0 saturated carbocycles. The number of nitrogens with zero attached hydrogens (tertiary/aromatic N) is 3. The fraction of sp³-hybridized carbons (Fsp3) is 0.364. The van der Waals surface area contributed by atoms with E-state index in [-0.39, 0.29) is 29.3 Å². The number of carbonyl (C=O) groups is 1. The van der Waals surface area contributed by atoms with Crippen LogP contribution in [0, 0.1) is 0 Å². The van der Waals surface area contributed by atoms with Gasteiger partial charge < -0.3 is 4.74 Å². The van der Waals surface area contributed by atoms with Gasteiger partial charge in [0.1, 0.15) is 6.61 Å². The third-order valence-electron chi connectivity index (χ3n) is 5.47. The van der Waals surface area contributed by atoms with E-state index in [1.807, 2.05) is 0 Å². The number of fused-ring (bicyclic) bond motifs is 1. The van der Waals surface area contributed by atoms with Gasteiger partial charge in [-0.3, -0.25) is 9.36 Å². The maximum atomic E-state index is 13.4. The van der Waals surface area contributed by atoms with Gasteiger partial charge in [-0.2, -0.15) is 13.1 Å². The molecule has 1 aliphatic heterocycles. The summed E-state index contributed by atoms with van der Waals surface area (Å²) in [5.74, 6) is -0.572. The number of imidazole rings is 1. The monoisotopic (exact) mass is 463 g/mol. The second-order valence-electron chi connectivity index (χ2n) is 7.58. The van der Waals surface area contributed by atoms with E-state index in [9.17, 15) is 22.0 Å². The highest BCUT2D eigenvalue weighted by Crippen LogP contribution is 2.24. The zero-order valence-electron chi connectivity index (χ0n) is 17.3. The highest BCUT2D eigenvalue weighted by molar-refractivity contribution is 7.89. The van der Waals surface area contributed by atoms with Crippen molar-refractivity contribution in [2.45, 2.75) is 43.7 Å². The minimum atomic E-state index is -3.48. The molecule has 0 N–H and O–H groups in total. The van der Waals surface area contributed by atoms with E-state index in [1.54, 1.807) is 42.5 Å². The van der Waals surface area contributed by atoms with Crippen LogP contribution in [0.4, 0.5) is 8.78 Å². The average molecular weight is 464 g/mol. The van der Waals surface area contributed by atoms with Gasteiger partial charge >= 0.3 is 12.5 Å². The lowest BCUT2D eigenvalue weighted by Crippen LogP contribution is -2.27. The van der Waals surface area contributed by atoms with Crippen LogP contribution in [-0.4, -0.2) is 41.3 Å². The third-order valence-corrected chi connectivity index (χ3v) is 7.38. The first kappa shape index (κ1) is 22.3. The summed E-state index contributed by atoms with van der Waals surface area (Å²) in [4.78, 5) is 16.5. The molecule has 0 aliphatic carbocycles. The summed E-state index contributed by atoms with van der Waals surface area (Å²) >= 11 is 0. The number of aryl methyl sites for hydroxylation is 1. The van der Waals surface area contributed by atoms with E-state index >= 15 is 0 Å². The molecule has 2 heterocycles. The molecule has 1 aliphatic rings. The standard InChI is InChI=1S/C22H23F2N3O4S/c23-22(24)27-19-6-2-1-5-18(19)25-20(27)15-31-21(28)12-9-16-7-10-17(11-8-16)32(29,30)26-13-3-4-14-26/h1-2,5-8,10-11,22H,3-4,9,12-15H2. The summed E-state index contributed by atoms with van der Waals surface area (Å²) in [6, 6.07) is 12.9. The Morgan fingerprint density at radius 3 is 2.44 bits per heavy atom. The summed E-state index contributed by atoms with van der Waals surface area (Å²) < 4.78 is 59.4. The SMILES string of the molecule is O=C(CCc1ccc(S(=O)(=O)N2CCCC2)cc1)OCc1nc2ccccc2n1C(F)F. The maximum absolute atomic E-state index is 13.4. The number of hydrogen-bond acceptors (Lipinski definition) is 5. The zero-order chi connectivity index (χ0) is 22.7. The summed E-state index contributed by atoms with van der Waals surface area (Å²) in [6.45, 7) is -2.08. The van der Waals surface area contributed by atoms with Crippen LogP contribution in [0.15, 0.2) is 53.4 Å². The van der Waals surface area contributed by atoms with E-state index in [0.29, 0.717) is 25.0 Å². The molecule has 1 aromatic heterocycles. The number of alkyl halides is 2. The van der Waals surface area contributed by atoms with E-state index in [1.165, 1.54) is 10.4 Å². The Labute approximate surface area is 184 Å². The van der Waals surface area contributed by atoms with E-state index in [0.717, 1.165) is 23.0 Å². The van der Waals surface area contributed by atoms with Gasteiger partial charge in [-0.1, -0.05) is 24.3 Å². The van der Waals surface area contributed by atoms with E-state index < -0.39 is 22.5 Å². The lowest BCUT2D eigenvalue weighted by molar-refractivity contribution is -0.145. The van der Waals surface area contributed by atoms with Crippen molar-refractivity contribution in [1.82, 2.24) is 13.9 Å². The summed E-state index contributed by atoms with van der Waals surface area (Å²) in [5, 5.41) is 0. The van der Waals surface area contributed by atoms with Crippen molar-refractivity contribution < 1.29 is 26.7 Å². The van der Waals surface area contributed by atoms with Crippen molar-refractivity contribution in [3.63, 3.8) is 0 Å². The lowest BCUT2D eigenvalue weighted by atomic mass is 10.1. The van der Waals surface area contributed by atoms with Crippen LogP contribution in [0.2, 0.25) is 0 Å². The number of benzene rings is 2. The van der Waals surface area contributed by atoms with Crippen molar-refractivity contribution in [2.24, 2.45) is 0 Å². The predicted molar refractivity (Wildman–Crippen MR) is 114 cm³/mol. The number of ether oxygens (including phenoxy) is 1. The molecule has 10 heteroatoms. The molecule has 0 amide bonds. The minimum absolute atomic E-state index is 0.0222. The van der Waals surface area contributed by atoms with Gasteiger partial charge in [0.15, 0.2) is 5.82 Å². The molecular formula is C22H23F2N3O4S. The first-order valence-electron chi connectivity index (χ1n) is 10.3. The number of para-hydroxylation sites is 2. The van der Waals surface area contributed by atoms with Gasteiger partial charge in [0, 0.05) is 19.5 Å². The Kier molecular flexibility index (Phi) is 6.52. The van der Waals surface area contributed by atoms with E-state index in [4.69, 9.17) is 4.74 Å². The fourth-order valence-electron chi connectivity index (χ4n) is 3.78. The smallest absolute Gasteiger partial charge is 0.320 e. The van der Waals surface area contributed by atoms with Crippen molar-refractivity contribution in [2.75, 3.05) is 13.1 Å². The first-order valence-corrected chi connectivity index (χ1v) is 11.8. The Balaban J connectivity index is 1.34. The average Bonchev–Trinajstić information content (AvgIpc) is 3.45. The second-order valence-corrected chi connectivity index (χ2v) is 9.52. The number of rotatable bonds is 8. The molecule has 32 heavy (non-hydrogen) atoms. The van der Waals surface area contributed by atoms with Crippen LogP contribution in [0.1, 0.15) is 37.2 Å². The second kappa shape index (κ2) is 9.33. The zero-order valence-corrected chi connectivity index (χ0v) is 18.1. The van der Waals surface area contributed by atoms with Crippen LogP contribution in [0.5, 0.6) is 0 Å². The quantitative estimate of drug-likeness (QED) is 0.474. The molecule has 4 rings (SSSR count). The molecule has 1 fully saturated rings. The van der Waals surface area contributed by atoms with Gasteiger partial charge in [-0.05, 0) is 49.1 Å². The number of carbonyl (C=O) groups excluding carboxylic acids is 1. The lowest BCUT2D eigenvalue weighted by Gasteiger charge is -2.15. The molecule has 0 unspecified atom stereocenters. The molecule has 0 spiro atoms. The van der Waals surface area contributed by atoms with Crippen LogP contribution in [-0.2, 0) is 32.6 Å².